The molecule has 1 fully saturated rings. The van der Waals surface area contributed by atoms with E-state index in [1.807, 2.05) is 5.32 Å². The smallest absolute Gasteiger partial charge is 0.326 e. The molecule has 1 aliphatic rings. The highest BCUT2D eigenvalue weighted by Crippen LogP contribution is 2.46. The summed E-state index contributed by atoms with van der Waals surface area (Å²) in [7, 11) is -2.96. The van der Waals surface area contributed by atoms with Crippen LogP contribution in [0.1, 0.15) is 25.8 Å². The van der Waals surface area contributed by atoms with Crippen molar-refractivity contribution in [2.45, 2.75) is 32.5 Å². The predicted octanol–water partition coefficient (Wildman–Crippen LogP) is 6.14. The average molecular weight is 598 g/mol. The van der Waals surface area contributed by atoms with Gasteiger partial charge in [0.15, 0.2) is 11.6 Å². The Kier molecular flexibility index (Phi) is 8.49. The molecule has 7 nitrogen and oxygen atoms in total. The Bertz CT molecular complexity index is 1540. The SMILES string of the molecule is CCP(=O)(CC)c1ncccc1-c1ccc(N2CC[C@@H](NC(=O)Nc3ccc(C(F)(F)F)cc3F)C2=O)c(F)c1F. The number of anilines is 2. The summed E-state index contributed by atoms with van der Waals surface area (Å²) in [4.78, 5) is 30.4. The second kappa shape index (κ2) is 11.6. The lowest BCUT2D eigenvalue weighted by molar-refractivity contribution is -0.137. The molecule has 0 spiro atoms. The molecule has 218 valence electrons. The molecule has 0 unspecified atom stereocenters. The maximum Gasteiger partial charge on any atom is 0.416 e. The molecule has 2 aromatic carbocycles. The van der Waals surface area contributed by atoms with Gasteiger partial charge in [0, 0.05) is 36.2 Å². The van der Waals surface area contributed by atoms with Crippen molar-refractivity contribution in [1.29, 1.82) is 0 Å². The van der Waals surface area contributed by atoms with Gasteiger partial charge in [-0.3, -0.25) is 9.78 Å². The van der Waals surface area contributed by atoms with Crippen LogP contribution in [0.3, 0.4) is 0 Å². The van der Waals surface area contributed by atoms with Gasteiger partial charge in [0.25, 0.3) is 0 Å². The van der Waals surface area contributed by atoms with Crippen LogP contribution in [0.4, 0.5) is 42.5 Å². The van der Waals surface area contributed by atoms with Gasteiger partial charge in [-0.15, -0.1) is 0 Å². The Morgan fingerprint density at radius 2 is 1.76 bits per heavy atom. The van der Waals surface area contributed by atoms with E-state index in [1.54, 1.807) is 13.8 Å². The minimum Gasteiger partial charge on any atom is -0.326 e. The van der Waals surface area contributed by atoms with E-state index in [-0.39, 0.29) is 53.6 Å². The third kappa shape index (κ3) is 5.95. The quantitative estimate of drug-likeness (QED) is 0.253. The zero-order valence-electron chi connectivity index (χ0n) is 21.9. The molecule has 3 amide bonds. The summed E-state index contributed by atoms with van der Waals surface area (Å²) in [5.74, 6) is -4.71. The minimum absolute atomic E-state index is 0.00646. The van der Waals surface area contributed by atoms with E-state index in [9.17, 15) is 31.7 Å². The van der Waals surface area contributed by atoms with E-state index in [0.29, 0.717) is 6.07 Å². The monoisotopic (exact) mass is 598 g/mol. The molecule has 0 aliphatic carbocycles. The van der Waals surface area contributed by atoms with Gasteiger partial charge in [0.1, 0.15) is 24.4 Å². The second-order valence-corrected chi connectivity index (χ2v) is 12.7. The van der Waals surface area contributed by atoms with Gasteiger partial charge in [-0.1, -0.05) is 19.9 Å². The molecule has 4 rings (SSSR count). The summed E-state index contributed by atoms with van der Waals surface area (Å²) in [6.45, 7) is 3.37. The summed E-state index contributed by atoms with van der Waals surface area (Å²) in [5, 5.41) is 4.31. The topological polar surface area (TPSA) is 91.4 Å². The van der Waals surface area contributed by atoms with Gasteiger partial charge in [0.2, 0.25) is 5.91 Å². The number of urea groups is 1. The normalized spacial score (nSPS) is 15.8. The summed E-state index contributed by atoms with van der Waals surface area (Å²) in [6.07, 6.45) is -2.79. The Labute approximate surface area is 231 Å². The van der Waals surface area contributed by atoms with Crippen molar-refractivity contribution in [3.8, 4) is 11.1 Å². The van der Waals surface area contributed by atoms with Crippen molar-refractivity contribution in [1.82, 2.24) is 10.3 Å². The number of rotatable bonds is 7. The number of carbonyl (C=O) groups excluding carboxylic acids is 2. The zero-order chi connectivity index (χ0) is 30.1. The Balaban J connectivity index is 1.52. The van der Waals surface area contributed by atoms with E-state index < -0.39 is 60.0 Å². The van der Waals surface area contributed by atoms with Crippen molar-refractivity contribution < 1.29 is 40.5 Å². The van der Waals surface area contributed by atoms with Crippen molar-refractivity contribution in [2.75, 3.05) is 29.1 Å². The number of nitrogens with zero attached hydrogens (tertiary/aromatic N) is 2. The van der Waals surface area contributed by atoms with Crippen LogP contribution in [-0.4, -0.2) is 41.8 Å². The number of aromatic nitrogens is 1. The van der Waals surface area contributed by atoms with Crippen LogP contribution < -0.4 is 21.0 Å². The molecular weight excluding hydrogens is 573 g/mol. The summed E-state index contributed by atoms with van der Waals surface area (Å²) >= 11 is 0. The maximum absolute atomic E-state index is 15.4. The van der Waals surface area contributed by atoms with Crippen LogP contribution in [0.15, 0.2) is 48.7 Å². The van der Waals surface area contributed by atoms with Crippen LogP contribution in [0.25, 0.3) is 11.1 Å². The molecule has 0 saturated carbocycles. The van der Waals surface area contributed by atoms with Crippen LogP contribution in [0.2, 0.25) is 0 Å². The Morgan fingerprint density at radius 1 is 1.05 bits per heavy atom. The molecule has 1 atom stereocenters. The first kappa shape index (κ1) is 30.1. The van der Waals surface area contributed by atoms with Crippen LogP contribution in [0, 0.1) is 17.5 Å². The van der Waals surface area contributed by atoms with Gasteiger partial charge in [-0.25, -0.2) is 18.0 Å². The lowest BCUT2D eigenvalue weighted by Gasteiger charge is -2.21. The highest BCUT2D eigenvalue weighted by molar-refractivity contribution is 7.71. The van der Waals surface area contributed by atoms with Crippen molar-refractivity contribution >= 4 is 35.9 Å². The molecule has 1 aliphatic heterocycles. The molecule has 2 heterocycles. The maximum atomic E-state index is 15.4. The fourth-order valence-corrected chi connectivity index (χ4v) is 6.53. The number of nitrogens with one attached hydrogen (secondary N) is 2. The van der Waals surface area contributed by atoms with Crippen molar-refractivity contribution in [3.63, 3.8) is 0 Å². The molecule has 0 bridgehead atoms. The van der Waals surface area contributed by atoms with Gasteiger partial charge in [-0.05, 0) is 42.8 Å². The minimum atomic E-state index is -4.78. The number of hydrogen-bond acceptors (Lipinski definition) is 4. The van der Waals surface area contributed by atoms with Gasteiger partial charge in [-0.2, -0.15) is 13.2 Å². The lowest BCUT2D eigenvalue weighted by Crippen LogP contribution is -2.43. The van der Waals surface area contributed by atoms with Gasteiger partial charge in [0.05, 0.1) is 16.9 Å². The molecule has 1 saturated heterocycles. The van der Waals surface area contributed by atoms with Gasteiger partial charge >= 0.3 is 12.2 Å². The van der Waals surface area contributed by atoms with Crippen molar-refractivity contribution in [2.24, 2.45) is 0 Å². The third-order valence-corrected chi connectivity index (χ3v) is 10.1. The first-order valence-electron chi connectivity index (χ1n) is 12.6. The molecule has 1 aromatic heterocycles. The second-order valence-electron chi connectivity index (χ2n) is 9.28. The zero-order valence-corrected chi connectivity index (χ0v) is 22.8. The standard InChI is InChI=1S/C27H25F6N4O3P/c1-3-41(40,4-2)24-17(6-5-12-34-24)16-8-10-21(23(30)22(16)29)37-13-11-20(25(37)38)36-26(39)35-19-9-7-15(14-18(19)28)27(31,32)33/h5-10,12,14,20H,3-4,11,13H2,1-2H3,(H2,35,36,39)/t20-/m1/s1. The number of benzene rings is 2. The third-order valence-electron chi connectivity index (χ3n) is 6.89. The molecule has 3 aromatic rings. The van der Waals surface area contributed by atoms with E-state index in [2.05, 4.69) is 10.3 Å². The Hall–Kier alpha value is -3.86. The van der Waals surface area contributed by atoms with Gasteiger partial charge < -0.3 is 20.1 Å². The van der Waals surface area contributed by atoms with E-state index >= 15 is 8.78 Å². The van der Waals surface area contributed by atoms with Crippen LogP contribution in [0.5, 0.6) is 0 Å². The number of halogens is 6. The largest absolute Gasteiger partial charge is 0.416 e. The molecular formula is C27H25F6N4O3P. The van der Waals surface area contributed by atoms with Crippen LogP contribution >= 0.6 is 7.14 Å². The van der Waals surface area contributed by atoms with E-state index in [4.69, 9.17) is 0 Å². The molecule has 14 heteroatoms. The van der Waals surface area contributed by atoms with Crippen LogP contribution in [-0.2, 0) is 15.5 Å². The number of hydrogen-bond donors (Lipinski definition) is 2. The molecule has 2 N–H and O–H groups in total. The average Bonchev–Trinajstić information content (AvgIpc) is 3.29. The highest BCUT2D eigenvalue weighted by Gasteiger charge is 2.37. The number of pyridine rings is 1. The predicted molar refractivity (Wildman–Crippen MR) is 142 cm³/mol. The number of alkyl halides is 3. The molecule has 0 radical (unpaired) electrons. The van der Waals surface area contributed by atoms with E-state index in [0.717, 1.165) is 11.0 Å². The lowest BCUT2D eigenvalue weighted by atomic mass is 10.1. The van der Waals surface area contributed by atoms with E-state index in [1.165, 1.54) is 30.5 Å². The number of amides is 3. The summed E-state index contributed by atoms with van der Waals surface area (Å²) < 4.78 is 96.3. The first-order chi connectivity index (χ1) is 19.3. The highest BCUT2D eigenvalue weighted by atomic mass is 31.2. The summed E-state index contributed by atoms with van der Waals surface area (Å²) in [6, 6.07) is 4.73. The first-order valence-corrected chi connectivity index (χ1v) is 14.7. The molecule has 41 heavy (non-hydrogen) atoms. The fraction of sp³-hybridized carbons (Fsp3) is 0.296. The number of carbonyl (C=O) groups is 2. The Morgan fingerprint density at radius 3 is 2.39 bits per heavy atom. The van der Waals surface area contributed by atoms with Crippen molar-refractivity contribution in [3.05, 3.63) is 71.7 Å². The fourth-order valence-electron chi connectivity index (χ4n) is 4.57. The summed E-state index contributed by atoms with van der Waals surface area (Å²) in [5.41, 5.74) is -1.97.